The summed E-state index contributed by atoms with van der Waals surface area (Å²) in [7, 11) is 0. The van der Waals surface area contributed by atoms with Crippen molar-refractivity contribution < 1.29 is 18.9 Å². The minimum absolute atomic E-state index is 0.615. The predicted octanol–water partition coefficient (Wildman–Crippen LogP) is 31.7. The van der Waals surface area contributed by atoms with Gasteiger partial charge in [-0.05, 0) is 242 Å². The Morgan fingerprint density at radius 3 is 0.879 bits per heavy atom. The van der Waals surface area contributed by atoms with Crippen LogP contribution in [0.4, 0.5) is 0 Å². The molecule has 16 bridgehead atoms. The molecule has 0 saturated heterocycles. The third-order valence-corrected chi connectivity index (χ3v) is 25.1. The molecule has 8 aromatic heterocycles. The Bertz CT molecular complexity index is 5930. The Hall–Kier alpha value is -12.6. The first-order valence-electron chi connectivity index (χ1n) is 50.3. The van der Waals surface area contributed by atoms with E-state index in [0.717, 1.165) is 197 Å². The molecule has 0 radical (unpaired) electrons. The second kappa shape index (κ2) is 53.0. The maximum Gasteiger partial charge on any atom is 0.123 e. The van der Waals surface area contributed by atoms with E-state index in [1.165, 1.54) is 205 Å². The highest BCUT2D eigenvalue weighted by molar-refractivity contribution is 5.97. The van der Waals surface area contributed by atoms with Gasteiger partial charge in [0.25, 0.3) is 0 Å². The van der Waals surface area contributed by atoms with Crippen LogP contribution in [-0.2, 0) is 0 Å². The number of H-pyrrole nitrogens is 4. The molecule has 0 unspecified atom stereocenters. The molecule has 12 heterocycles. The molecule has 0 saturated carbocycles. The molecule has 0 atom stereocenters. The Morgan fingerprint density at radius 2 is 0.523 bits per heavy atom. The second-order valence-corrected chi connectivity index (χ2v) is 35.6. The minimum atomic E-state index is 0.615. The van der Waals surface area contributed by atoms with Crippen LogP contribution in [0.25, 0.3) is 138 Å². The smallest absolute Gasteiger partial charge is 0.123 e. The normalized spacial score (nSPS) is 11.7. The van der Waals surface area contributed by atoms with Crippen LogP contribution in [0.2, 0.25) is 0 Å². The van der Waals surface area contributed by atoms with E-state index in [1.54, 1.807) is 0 Å². The maximum absolute atomic E-state index is 6.75. The average molecular weight is 1760 g/mol. The lowest BCUT2D eigenvalue weighted by atomic mass is 10.0. The molecule has 0 spiro atoms. The molecule has 14 rings (SSSR count). The molecule has 4 N–H and O–H groups in total. The number of benzene rings is 2. The lowest BCUT2D eigenvalue weighted by Gasteiger charge is -2.14. The summed E-state index contributed by atoms with van der Waals surface area (Å²) in [6, 6.07) is 45.4. The van der Waals surface area contributed by atoms with Crippen molar-refractivity contribution in [3.05, 3.63) is 203 Å². The van der Waals surface area contributed by atoms with Gasteiger partial charge in [-0.1, -0.05) is 271 Å². The number of hydrogen-bond donors (Lipinski definition) is 4. The van der Waals surface area contributed by atoms with E-state index in [-0.39, 0.29) is 0 Å². The van der Waals surface area contributed by atoms with Crippen LogP contribution in [0.15, 0.2) is 146 Å². The van der Waals surface area contributed by atoms with Gasteiger partial charge in [0.05, 0.1) is 117 Å². The summed E-state index contributed by atoms with van der Waals surface area (Å²) in [5, 5.41) is 0. The average Bonchev–Trinajstić information content (AvgIpc) is 1.62. The molecule has 0 aliphatic carbocycles. The summed E-state index contributed by atoms with van der Waals surface area (Å²) in [6.07, 6.45) is 70.2. The molecule has 10 aromatic rings. The van der Waals surface area contributed by atoms with Crippen molar-refractivity contribution in [1.29, 1.82) is 0 Å². The zero-order chi connectivity index (χ0) is 90.6. The standard InChI is InChI=1S/C118H136N10O4/c1-5-9-13-17-21-25-29-35-41-51-77-129-95-81-89(82-96(87-95)130-78-52-42-36-30-26-22-18-14-10-6-2)115-107-63-59-91(121-107)85-93-61-65-111(123-93)117(105-57-47-49-75-119-105)113-73-69-103(127-113)99(101-67-71-109(115)125-101)55-45-39-33-34-40-46-56-100-102-68-72-110(126-102)116(108-64-60-92(122-108)86-94-62-66-112(124-94)118(106-58-48-50-76-120-106)114-74-70-104(100)128-114)90-83-97(131-79-53-43-37-31-27-23-19-15-11-7-3)88-98(84-90)132-80-54-44-38-32-28-24-20-16-12-8-4/h47-50,57-76,81-88,121,124,126-127H,5-32,35-38,41-44,51-54,77-80H2,1-4H3. The van der Waals surface area contributed by atoms with Gasteiger partial charge in [-0.2, -0.15) is 0 Å². The van der Waals surface area contributed by atoms with E-state index in [9.17, 15) is 0 Å². The molecular formula is C118H136N10O4. The van der Waals surface area contributed by atoms with Gasteiger partial charge in [0.2, 0.25) is 0 Å². The van der Waals surface area contributed by atoms with Gasteiger partial charge in [-0.3, -0.25) is 9.97 Å². The van der Waals surface area contributed by atoms with E-state index in [4.69, 9.17) is 48.9 Å². The van der Waals surface area contributed by atoms with Crippen molar-refractivity contribution >= 4 is 92.7 Å². The zero-order valence-corrected chi connectivity index (χ0v) is 78.9. The summed E-state index contributed by atoms with van der Waals surface area (Å²) >= 11 is 0. The van der Waals surface area contributed by atoms with E-state index in [0.29, 0.717) is 48.9 Å². The van der Waals surface area contributed by atoms with E-state index < -0.39 is 0 Å². The summed E-state index contributed by atoms with van der Waals surface area (Å²) in [6.45, 7) is 11.6. The minimum Gasteiger partial charge on any atom is -0.493 e. The molecule has 14 nitrogen and oxygen atoms in total. The number of unbranched alkanes of at least 4 members (excludes halogenated alkanes) is 36. The Balaban J connectivity index is 0.821. The fraction of sp³-hybridized carbons (Fsp3) is 0.407. The van der Waals surface area contributed by atoms with Crippen molar-refractivity contribution in [3.63, 3.8) is 0 Å². The second-order valence-electron chi connectivity index (χ2n) is 35.6. The third kappa shape index (κ3) is 28.9. The lowest BCUT2D eigenvalue weighted by Crippen LogP contribution is -2.01. The number of nitrogens with zero attached hydrogens (tertiary/aromatic N) is 6. The zero-order valence-electron chi connectivity index (χ0n) is 78.9. The van der Waals surface area contributed by atoms with Gasteiger partial charge < -0.3 is 38.9 Å². The first-order chi connectivity index (χ1) is 65.3. The topological polar surface area (TPSA) is 177 Å². The van der Waals surface area contributed by atoms with E-state index in [1.807, 2.05) is 73.1 Å². The van der Waals surface area contributed by atoms with Gasteiger partial charge >= 0.3 is 0 Å². The van der Waals surface area contributed by atoms with Crippen LogP contribution < -0.4 is 18.9 Å². The fourth-order valence-corrected chi connectivity index (χ4v) is 17.9. The van der Waals surface area contributed by atoms with Crippen LogP contribution in [0, 0.1) is 47.4 Å². The predicted molar refractivity (Wildman–Crippen MR) is 554 cm³/mol. The molecule has 0 fully saturated rings. The maximum atomic E-state index is 6.75. The Labute approximate surface area is 785 Å². The van der Waals surface area contributed by atoms with Gasteiger partial charge in [0.1, 0.15) is 23.0 Å². The molecule has 132 heavy (non-hydrogen) atoms. The first-order valence-corrected chi connectivity index (χ1v) is 50.3. The summed E-state index contributed by atoms with van der Waals surface area (Å²) < 4.78 is 27.0. The van der Waals surface area contributed by atoms with Crippen molar-refractivity contribution in [2.75, 3.05) is 26.4 Å². The monoisotopic (exact) mass is 1760 g/mol. The number of aromatic amines is 4. The van der Waals surface area contributed by atoms with E-state index >= 15 is 0 Å². The van der Waals surface area contributed by atoms with E-state index in [2.05, 4.69) is 216 Å². The van der Waals surface area contributed by atoms with Gasteiger partial charge in [-0.15, -0.1) is 0 Å². The number of hydrogen-bond acceptors (Lipinski definition) is 10. The Kier molecular flexibility index (Phi) is 38.4. The largest absolute Gasteiger partial charge is 0.493 e. The van der Waals surface area contributed by atoms with Crippen molar-refractivity contribution in [2.24, 2.45) is 0 Å². The highest BCUT2D eigenvalue weighted by Crippen LogP contribution is 2.41. The molecule has 4 aliphatic heterocycles. The molecule has 2 aromatic carbocycles. The van der Waals surface area contributed by atoms with Crippen LogP contribution >= 0.6 is 0 Å². The number of pyridine rings is 2. The van der Waals surface area contributed by atoms with Crippen LogP contribution in [-0.4, -0.2) is 76.3 Å². The lowest BCUT2D eigenvalue weighted by molar-refractivity contribution is 0.289. The number of aromatic nitrogens is 10. The quantitative estimate of drug-likeness (QED) is 0.0212. The molecular weight excluding hydrogens is 1620 g/mol. The van der Waals surface area contributed by atoms with Gasteiger partial charge in [-0.25, -0.2) is 19.9 Å². The summed E-state index contributed by atoms with van der Waals surface area (Å²) in [5.74, 6) is 28.7. The first kappa shape index (κ1) is 95.5. The van der Waals surface area contributed by atoms with Crippen LogP contribution in [0.1, 0.15) is 341 Å². The van der Waals surface area contributed by atoms with Gasteiger partial charge in [0, 0.05) is 68.8 Å². The number of nitrogens with one attached hydrogen (secondary N) is 4. The van der Waals surface area contributed by atoms with Gasteiger partial charge in [0.15, 0.2) is 0 Å². The molecule has 682 valence electrons. The van der Waals surface area contributed by atoms with Crippen LogP contribution in [0.5, 0.6) is 23.0 Å². The fourth-order valence-electron chi connectivity index (χ4n) is 17.9. The highest BCUT2D eigenvalue weighted by atomic mass is 16.5. The Morgan fingerprint density at radius 1 is 0.242 bits per heavy atom. The number of fused-ring (bicyclic) bond motifs is 16. The molecule has 0 amide bonds. The summed E-state index contributed by atoms with van der Waals surface area (Å²) in [4.78, 5) is 46.4. The third-order valence-electron chi connectivity index (χ3n) is 25.1. The van der Waals surface area contributed by atoms with Crippen molar-refractivity contribution in [1.82, 2.24) is 49.8 Å². The highest BCUT2D eigenvalue weighted by Gasteiger charge is 2.22. The molecule has 4 aliphatic rings. The van der Waals surface area contributed by atoms with Crippen molar-refractivity contribution in [2.45, 2.75) is 285 Å². The number of ether oxygens (including phenoxy) is 4. The number of rotatable bonds is 52. The SMILES string of the molecule is CCCCCCCCCCCCOc1cc(OCCCCCCCCCCCC)cc(-c2c3nc(c(C#CC#CC#CC#Cc4c5nc(c(-c6ccccn6)c6ccc(cc7nc(c(-c8cc(OCCCCCCCCCCCC)cc(OCCCCCCCCCCCC)c8)c8ccc4[nH]8)C=C7)[nH]6)C=C5)c4ccc([nH]4)c(-c4ccccn4)c4nc(cc5ccc2[nH]5)C=C4)C=C3)c1. The van der Waals surface area contributed by atoms with Crippen LogP contribution in [0.3, 0.4) is 0 Å². The summed E-state index contributed by atoms with van der Waals surface area (Å²) in [5.41, 5.74) is 20.7. The van der Waals surface area contributed by atoms with Crippen molar-refractivity contribution in [3.8, 4) is 115 Å². The molecule has 14 heteroatoms.